The number of rotatable bonds is 6. The molecule has 0 amide bonds. The van der Waals surface area contributed by atoms with E-state index in [9.17, 15) is 23.4 Å². The van der Waals surface area contributed by atoms with Gasteiger partial charge in [-0.3, -0.25) is 0 Å². The molecule has 0 atom stereocenters. The molecule has 0 spiro atoms. The third kappa shape index (κ3) is 3.95. The van der Waals surface area contributed by atoms with Crippen LogP contribution in [0.2, 0.25) is 0 Å². The molecule has 0 fully saturated rings. The lowest BCUT2D eigenvalue weighted by molar-refractivity contribution is 0.0696. The van der Waals surface area contributed by atoms with Crippen molar-refractivity contribution in [3.05, 3.63) is 71.8 Å². The Morgan fingerprint density at radius 1 is 0.970 bits per heavy atom. The molecule has 0 bridgehead atoms. The molecule has 170 valence electrons. The Bertz CT molecular complexity index is 1480. The third-order valence-electron chi connectivity index (χ3n) is 5.88. The van der Waals surface area contributed by atoms with E-state index in [0.717, 1.165) is 4.80 Å². The zero-order chi connectivity index (χ0) is 24.0. The van der Waals surface area contributed by atoms with Crippen LogP contribution in [0.4, 0.5) is 0 Å². The molecule has 0 saturated heterocycles. The number of aromatic nitrogens is 3. The van der Waals surface area contributed by atoms with Crippen LogP contribution in [-0.2, 0) is 15.3 Å². The molecule has 0 aliphatic carbocycles. The summed E-state index contributed by atoms with van der Waals surface area (Å²) in [6.45, 7) is 5.76. The molecule has 2 N–H and O–H groups in total. The van der Waals surface area contributed by atoms with Crippen molar-refractivity contribution in [2.24, 2.45) is 0 Å². The van der Waals surface area contributed by atoms with Crippen molar-refractivity contribution in [2.75, 3.05) is 0 Å². The van der Waals surface area contributed by atoms with Gasteiger partial charge in [0.25, 0.3) is 0 Å². The Labute approximate surface area is 191 Å². The van der Waals surface area contributed by atoms with Crippen LogP contribution in [0.5, 0.6) is 5.75 Å². The minimum Gasteiger partial charge on any atom is -0.505 e. The van der Waals surface area contributed by atoms with Gasteiger partial charge in [0.1, 0.15) is 22.5 Å². The average molecular weight is 466 g/mol. The fourth-order valence-corrected chi connectivity index (χ4v) is 4.81. The number of benzene rings is 3. The molecule has 3 aromatic carbocycles. The molecule has 1 heterocycles. The number of sulfone groups is 1. The minimum atomic E-state index is -3.75. The standard InChI is InChI=1S/C24H23N3O5S/c1-4-24(2,3)18-12-15(23(29)30)13-21(22(18)28)27-25-19-11-10-17(14-20(19)26-27)33(31,32)16-8-6-5-7-9-16/h5-14,28H,4H2,1-3H3,(H,29,30). The van der Waals surface area contributed by atoms with Crippen molar-refractivity contribution >= 4 is 26.8 Å². The summed E-state index contributed by atoms with van der Waals surface area (Å²) >= 11 is 0. The van der Waals surface area contributed by atoms with E-state index < -0.39 is 21.2 Å². The van der Waals surface area contributed by atoms with Crippen molar-refractivity contribution in [3.8, 4) is 11.4 Å². The zero-order valence-corrected chi connectivity index (χ0v) is 19.2. The van der Waals surface area contributed by atoms with Crippen molar-refractivity contribution in [1.82, 2.24) is 15.0 Å². The molecule has 0 unspecified atom stereocenters. The summed E-state index contributed by atoms with van der Waals surface area (Å²) in [6.07, 6.45) is 0.665. The predicted molar refractivity (Wildman–Crippen MR) is 123 cm³/mol. The van der Waals surface area contributed by atoms with Gasteiger partial charge < -0.3 is 10.2 Å². The molecule has 4 rings (SSSR count). The molecule has 0 aliphatic rings. The van der Waals surface area contributed by atoms with Gasteiger partial charge in [0, 0.05) is 5.56 Å². The van der Waals surface area contributed by atoms with E-state index in [1.165, 1.54) is 42.5 Å². The normalized spacial score (nSPS) is 12.2. The second kappa shape index (κ2) is 8.00. The maximum atomic E-state index is 13.0. The van der Waals surface area contributed by atoms with Crippen LogP contribution in [0.15, 0.2) is 70.5 Å². The molecular formula is C24H23N3O5S. The van der Waals surface area contributed by atoms with Gasteiger partial charge in [0.2, 0.25) is 9.84 Å². The maximum Gasteiger partial charge on any atom is 0.335 e. The first kappa shape index (κ1) is 22.5. The fraction of sp³-hybridized carbons (Fsp3) is 0.208. The van der Waals surface area contributed by atoms with E-state index in [0.29, 0.717) is 23.0 Å². The van der Waals surface area contributed by atoms with Crippen LogP contribution < -0.4 is 0 Å². The van der Waals surface area contributed by atoms with E-state index >= 15 is 0 Å². The number of aromatic carboxylic acids is 1. The molecule has 0 aliphatic heterocycles. The minimum absolute atomic E-state index is 0.00646. The molecular weight excluding hydrogens is 442 g/mol. The second-order valence-corrected chi connectivity index (χ2v) is 10.3. The summed E-state index contributed by atoms with van der Waals surface area (Å²) in [5.74, 6) is -1.26. The van der Waals surface area contributed by atoms with Crippen LogP contribution >= 0.6 is 0 Å². The number of nitrogens with zero attached hydrogens (tertiary/aromatic N) is 3. The lowest BCUT2D eigenvalue weighted by atomic mass is 9.80. The predicted octanol–water partition coefficient (Wildman–Crippen LogP) is 4.34. The smallest absolute Gasteiger partial charge is 0.335 e. The van der Waals surface area contributed by atoms with Gasteiger partial charge in [0.05, 0.1) is 15.4 Å². The van der Waals surface area contributed by atoms with Crippen molar-refractivity contribution in [1.29, 1.82) is 0 Å². The van der Waals surface area contributed by atoms with Crippen molar-refractivity contribution in [3.63, 3.8) is 0 Å². The van der Waals surface area contributed by atoms with E-state index in [2.05, 4.69) is 10.2 Å². The number of hydrogen-bond donors (Lipinski definition) is 2. The zero-order valence-electron chi connectivity index (χ0n) is 18.3. The van der Waals surface area contributed by atoms with Gasteiger partial charge in [-0.1, -0.05) is 39.0 Å². The van der Waals surface area contributed by atoms with E-state index in [4.69, 9.17) is 0 Å². The fourth-order valence-electron chi connectivity index (χ4n) is 3.51. The molecule has 0 saturated carbocycles. The number of phenolic OH excluding ortho intramolecular Hbond substituents is 1. The Hall–Kier alpha value is -3.72. The number of carbonyl (C=O) groups is 1. The molecule has 1 aromatic heterocycles. The van der Waals surface area contributed by atoms with Gasteiger partial charge in [-0.25, -0.2) is 13.2 Å². The first-order chi connectivity index (χ1) is 15.5. The van der Waals surface area contributed by atoms with Gasteiger partial charge in [-0.15, -0.1) is 15.0 Å². The third-order valence-corrected chi connectivity index (χ3v) is 7.65. The van der Waals surface area contributed by atoms with Crippen LogP contribution in [-0.4, -0.2) is 39.6 Å². The van der Waals surface area contributed by atoms with Crippen molar-refractivity contribution < 1.29 is 23.4 Å². The van der Waals surface area contributed by atoms with E-state index in [1.54, 1.807) is 18.2 Å². The highest BCUT2D eigenvalue weighted by molar-refractivity contribution is 7.91. The Balaban J connectivity index is 1.87. The van der Waals surface area contributed by atoms with Gasteiger partial charge >= 0.3 is 5.97 Å². The summed E-state index contributed by atoms with van der Waals surface area (Å²) in [6, 6.07) is 15.2. The van der Waals surface area contributed by atoms with Crippen LogP contribution in [0.1, 0.15) is 43.1 Å². The Morgan fingerprint density at radius 2 is 1.64 bits per heavy atom. The Morgan fingerprint density at radius 3 is 2.27 bits per heavy atom. The number of hydrogen-bond acceptors (Lipinski definition) is 6. The van der Waals surface area contributed by atoms with Crippen LogP contribution in [0.3, 0.4) is 0 Å². The first-order valence-corrected chi connectivity index (χ1v) is 11.8. The highest BCUT2D eigenvalue weighted by atomic mass is 32.2. The largest absolute Gasteiger partial charge is 0.505 e. The van der Waals surface area contributed by atoms with E-state index in [-0.39, 0.29) is 26.8 Å². The monoisotopic (exact) mass is 465 g/mol. The highest BCUT2D eigenvalue weighted by Gasteiger charge is 2.27. The summed E-state index contributed by atoms with van der Waals surface area (Å²) in [4.78, 5) is 13.1. The summed E-state index contributed by atoms with van der Waals surface area (Å²) in [7, 11) is -3.75. The number of carboxylic acid groups (broad SMARTS) is 1. The summed E-state index contributed by atoms with van der Waals surface area (Å²) < 4.78 is 25.9. The number of fused-ring (bicyclic) bond motifs is 1. The van der Waals surface area contributed by atoms with Gasteiger partial charge in [-0.05, 0) is 54.3 Å². The Kier molecular flexibility index (Phi) is 5.45. The highest BCUT2D eigenvalue weighted by Crippen LogP contribution is 2.38. The molecule has 9 heteroatoms. The van der Waals surface area contributed by atoms with E-state index in [1.807, 2.05) is 20.8 Å². The van der Waals surface area contributed by atoms with Gasteiger partial charge in [0.15, 0.2) is 0 Å². The lowest BCUT2D eigenvalue weighted by Gasteiger charge is -2.25. The maximum absolute atomic E-state index is 13.0. The summed E-state index contributed by atoms with van der Waals surface area (Å²) in [5.41, 5.74) is 0.770. The van der Waals surface area contributed by atoms with Crippen LogP contribution in [0.25, 0.3) is 16.7 Å². The molecule has 4 aromatic rings. The summed E-state index contributed by atoms with van der Waals surface area (Å²) in [5, 5.41) is 29.3. The van der Waals surface area contributed by atoms with Crippen LogP contribution in [0, 0.1) is 0 Å². The molecule has 8 nitrogen and oxygen atoms in total. The topological polar surface area (TPSA) is 122 Å². The first-order valence-electron chi connectivity index (χ1n) is 10.3. The number of phenols is 1. The van der Waals surface area contributed by atoms with Gasteiger partial charge in [-0.2, -0.15) is 0 Å². The number of aromatic hydroxyl groups is 1. The number of carboxylic acids is 1. The quantitative estimate of drug-likeness (QED) is 0.434. The average Bonchev–Trinajstić information content (AvgIpc) is 3.22. The van der Waals surface area contributed by atoms with Crippen molar-refractivity contribution in [2.45, 2.75) is 42.4 Å². The second-order valence-electron chi connectivity index (χ2n) is 8.39. The molecule has 0 radical (unpaired) electrons. The lowest BCUT2D eigenvalue weighted by Crippen LogP contribution is -2.18. The molecule has 33 heavy (non-hydrogen) atoms. The SMILES string of the molecule is CCC(C)(C)c1cc(C(=O)O)cc(-n2nc3ccc(S(=O)(=O)c4ccccc4)cc3n2)c1O.